The van der Waals surface area contributed by atoms with Crippen molar-refractivity contribution in [2.45, 2.75) is 12.5 Å². The Morgan fingerprint density at radius 1 is 1.55 bits per heavy atom. The number of carbonyl (C=O) groups is 2. The maximum Gasteiger partial charge on any atom is 0.253 e. The Bertz CT molecular complexity index is 208. The quantitative estimate of drug-likeness (QED) is 0.466. The molecule has 0 spiro atoms. The lowest BCUT2D eigenvalue weighted by molar-refractivity contribution is -0.164. The van der Waals surface area contributed by atoms with Crippen LogP contribution in [0, 0.1) is 0 Å². The Hall–Kier alpha value is -1.10. The molecular weight excluding hydrogens is 148 g/mol. The molecule has 0 radical (unpaired) electrons. The third kappa shape index (κ3) is 1.19. The second kappa shape index (κ2) is 2.20. The van der Waals surface area contributed by atoms with Crippen molar-refractivity contribution in [3.63, 3.8) is 0 Å². The average molecular weight is 158 g/mol. The fourth-order valence-electron chi connectivity index (χ4n) is 0.964. The molecule has 0 aliphatic carbocycles. The van der Waals surface area contributed by atoms with E-state index in [4.69, 9.17) is 5.73 Å². The van der Waals surface area contributed by atoms with Gasteiger partial charge in [0.25, 0.3) is 5.91 Å². The Labute approximate surface area is 63.8 Å². The first kappa shape index (κ1) is 8.00. The molecule has 0 saturated carbocycles. The van der Waals surface area contributed by atoms with Crippen molar-refractivity contribution >= 4 is 11.8 Å². The number of hydrogen-bond donors (Lipinski definition) is 2. The zero-order valence-electron chi connectivity index (χ0n) is 6.20. The van der Waals surface area contributed by atoms with E-state index in [-0.39, 0.29) is 19.0 Å². The molecule has 0 aromatic heterocycles. The fraction of sp³-hybridized carbons (Fsp3) is 0.667. The van der Waals surface area contributed by atoms with Crippen molar-refractivity contribution in [3.05, 3.63) is 0 Å². The van der Waals surface area contributed by atoms with Gasteiger partial charge in [-0.1, -0.05) is 0 Å². The summed E-state index contributed by atoms with van der Waals surface area (Å²) in [6, 6.07) is 0. The van der Waals surface area contributed by atoms with E-state index in [1.807, 2.05) is 0 Å². The summed E-state index contributed by atoms with van der Waals surface area (Å²) in [5.74, 6) is -0.925. The molecule has 0 aromatic rings. The highest BCUT2D eigenvalue weighted by atomic mass is 16.3. The monoisotopic (exact) mass is 158 g/mol. The van der Waals surface area contributed by atoms with Crippen molar-refractivity contribution in [1.82, 2.24) is 4.90 Å². The van der Waals surface area contributed by atoms with Crippen LogP contribution < -0.4 is 5.73 Å². The summed E-state index contributed by atoms with van der Waals surface area (Å²) in [5.41, 5.74) is 3.39. The molecule has 11 heavy (non-hydrogen) atoms. The van der Waals surface area contributed by atoms with Crippen molar-refractivity contribution in [3.8, 4) is 0 Å². The van der Waals surface area contributed by atoms with Gasteiger partial charge < -0.3 is 15.7 Å². The van der Waals surface area contributed by atoms with Crippen molar-refractivity contribution in [2.24, 2.45) is 5.73 Å². The molecule has 5 nitrogen and oxygen atoms in total. The molecule has 1 aliphatic rings. The first-order valence-electron chi connectivity index (χ1n) is 3.23. The highest BCUT2D eigenvalue weighted by Crippen LogP contribution is 2.19. The minimum Gasteiger partial charge on any atom is -0.377 e. The minimum absolute atomic E-state index is 0.0255. The molecule has 5 heteroatoms. The topological polar surface area (TPSA) is 83.6 Å². The predicted octanol–water partition coefficient (Wildman–Crippen LogP) is -1.94. The van der Waals surface area contributed by atoms with Gasteiger partial charge in [0.15, 0.2) is 5.60 Å². The predicted molar refractivity (Wildman–Crippen MR) is 36.4 cm³/mol. The van der Waals surface area contributed by atoms with E-state index in [0.717, 1.165) is 0 Å². The third-order valence-electron chi connectivity index (χ3n) is 1.81. The van der Waals surface area contributed by atoms with E-state index in [0.29, 0.717) is 0 Å². The van der Waals surface area contributed by atoms with Gasteiger partial charge in [-0.2, -0.15) is 0 Å². The molecule has 1 saturated heterocycles. The lowest BCUT2D eigenvalue weighted by atomic mass is 9.93. The number of aliphatic hydroxyl groups is 1. The van der Waals surface area contributed by atoms with Crippen molar-refractivity contribution in [1.29, 1.82) is 0 Å². The highest BCUT2D eigenvalue weighted by Gasteiger charge is 2.47. The van der Waals surface area contributed by atoms with Gasteiger partial charge in [0.05, 0.1) is 13.1 Å². The SMILES string of the molecule is CC(=O)N1CC(O)(C(N)=O)C1. The molecule has 2 amide bonds. The normalized spacial score (nSPS) is 20.7. The van der Waals surface area contributed by atoms with Gasteiger partial charge >= 0.3 is 0 Å². The Morgan fingerprint density at radius 3 is 2.27 bits per heavy atom. The van der Waals surface area contributed by atoms with Crippen LogP contribution in [0.25, 0.3) is 0 Å². The van der Waals surface area contributed by atoms with Crippen molar-refractivity contribution in [2.75, 3.05) is 13.1 Å². The van der Waals surface area contributed by atoms with Gasteiger partial charge in [0, 0.05) is 6.92 Å². The molecule has 1 heterocycles. The number of likely N-dealkylation sites (tertiary alicyclic amines) is 1. The van der Waals surface area contributed by atoms with Crippen LogP contribution in [0.4, 0.5) is 0 Å². The summed E-state index contributed by atoms with van der Waals surface area (Å²) in [5, 5.41) is 9.24. The van der Waals surface area contributed by atoms with Crippen LogP contribution in [0.15, 0.2) is 0 Å². The zero-order chi connectivity index (χ0) is 8.65. The van der Waals surface area contributed by atoms with Crippen LogP contribution in [0.3, 0.4) is 0 Å². The Morgan fingerprint density at radius 2 is 2.00 bits per heavy atom. The maximum absolute atomic E-state index is 10.6. The van der Waals surface area contributed by atoms with Crippen LogP contribution in [-0.2, 0) is 9.59 Å². The van der Waals surface area contributed by atoms with E-state index in [1.54, 1.807) is 0 Å². The summed E-state index contributed by atoms with van der Waals surface area (Å²) in [6.07, 6.45) is 0. The first-order chi connectivity index (χ1) is 4.96. The highest BCUT2D eigenvalue weighted by molar-refractivity contribution is 5.88. The lowest BCUT2D eigenvalue weighted by Crippen LogP contribution is -2.68. The van der Waals surface area contributed by atoms with E-state index in [9.17, 15) is 14.7 Å². The molecule has 0 unspecified atom stereocenters. The Balaban J connectivity index is 2.50. The summed E-state index contributed by atoms with van der Waals surface area (Å²) in [7, 11) is 0. The zero-order valence-corrected chi connectivity index (χ0v) is 6.20. The van der Waals surface area contributed by atoms with E-state index < -0.39 is 11.5 Å². The second-order valence-corrected chi connectivity index (χ2v) is 2.77. The molecule has 0 bridgehead atoms. The Kier molecular flexibility index (Phi) is 1.60. The molecule has 62 valence electrons. The van der Waals surface area contributed by atoms with E-state index in [1.165, 1.54) is 11.8 Å². The number of rotatable bonds is 1. The summed E-state index contributed by atoms with van der Waals surface area (Å²) >= 11 is 0. The molecule has 0 atom stereocenters. The van der Waals surface area contributed by atoms with E-state index in [2.05, 4.69) is 0 Å². The number of carbonyl (C=O) groups excluding carboxylic acids is 2. The molecule has 3 N–H and O–H groups in total. The number of nitrogens with zero attached hydrogens (tertiary/aromatic N) is 1. The second-order valence-electron chi connectivity index (χ2n) is 2.77. The first-order valence-corrected chi connectivity index (χ1v) is 3.23. The van der Waals surface area contributed by atoms with Crippen molar-refractivity contribution < 1.29 is 14.7 Å². The average Bonchev–Trinajstić information content (AvgIpc) is 1.79. The molecular formula is C6H10N2O3. The molecule has 0 aromatic carbocycles. The number of nitrogens with two attached hydrogens (primary N) is 1. The molecule has 1 fully saturated rings. The van der Waals surface area contributed by atoms with Crippen LogP contribution in [-0.4, -0.2) is 40.5 Å². The van der Waals surface area contributed by atoms with Crippen LogP contribution in [0.5, 0.6) is 0 Å². The number of hydrogen-bond acceptors (Lipinski definition) is 3. The van der Waals surface area contributed by atoms with Gasteiger partial charge in [0.2, 0.25) is 5.91 Å². The van der Waals surface area contributed by atoms with Gasteiger partial charge in [-0.3, -0.25) is 9.59 Å². The lowest BCUT2D eigenvalue weighted by Gasteiger charge is -2.43. The number of amides is 2. The van der Waals surface area contributed by atoms with Gasteiger partial charge in [-0.15, -0.1) is 0 Å². The standard InChI is InChI=1S/C6H10N2O3/c1-4(9)8-2-6(11,3-8)5(7)10/h11H,2-3H2,1H3,(H2,7,10). The third-order valence-corrected chi connectivity index (χ3v) is 1.81. The van der Waals surface area contributed by atoms with Crippen LogP contribution in [0.2, 0.25) is 0 Å². The molecule has 1 rings (SSSR count). The van der Waals surface area contributed by atoms with Crippen LogP contribution >= 0.6 is 0 Å². The maximum atomic E-state index is 10.6. The summed E-state index contributed by atoms with van der Waals surface area (Å²) < 4.78 is 0. The largest absolute Gasteiger partial charge is 0.377 e. The van der Waals surface area contributed by atoms with Gasteiger partial charge in [0.1, 0.15) is 0 Å². The smallest absolute Gasteiger partial charge is 0.253 e. The molecule has 1 aliphatic heterocycles. The summed E-state index contributed by atoms with van der Waals surface area (Å²) in [6.45, 7) is 1.43. The van der Waals surface area contributed by atoms with E-state index >= 15 is 0 Å². The number of primary amides is 1. The number of β-amino-alcohol motifs (C(OH)–C–C–N with tert-alkyl or cyclic N) is 1. The van der Waals surface area contributed by atoms with Crippen LogP contribution in [0.1, 0.15) is 6.92 Å². The fourth-order valence-corrected chi connectivity index (χ4v) is 0.964. The van der Waals surface area contributed by atoms with Gasteiger partial charge in [-0.25, -0.2) is 0 Å². The summed E-state index contributed by atoms with van der Waals surface area (Å²) in [4.78, 5) is 22.5. The van der Waals surface area contributed by atoms with Gasteiger partial charge in [-0.05, 0) is 0 Å². The minimum atomic E-state index is -1.48.